The van der Waals surface area contributed by atoms with Crippen LogP contribution in [-0.2, 0) is 22.6 Å². The molecule has 14 heteroatoms. The Morgan fingerprint density at radius 3 is 2.54 bits per heavy atom. The van der Waals surface area contributed by atoms with E-state index in [9.17, 15) is 32.3 Å². The molecular weight excluding hydrogens is 475 g/mol. The maximum atomic E-state index is 12.8. The molecule has 1 atom stereocenters. The van der Waals surface area contributed by atoms with Crippen molar-refractivity contribution < 1.29 is 27.8 Å². The number of ether oxygens (including phenoxy) is 1. The van der Waals surface area contributed by atoms with E-state index >= 15 is 0 Å². The molecule has 0 radical (unpaired) electrons. The predicted octanol–water partition coefficient (Wildman–Crippen LogP) is -0.749. The molecule has 1 unspecified atom stereocenters. The number of nitrogens with zero attached hydrogens (tertiary/aromatic N) is 3. The summed E-state index contributed by atoms with van der Waals surface area (Å²) in [5.74, 6) is -2.49. The summed E-state index contributed by atoms with van der Waals surface area (Å²) >= 11 is 0. The number of aromatic amines is 1. The number of amides is 1. The van der Waals surface area contributed by atoms with Crippen molar-refractivity contribution in [1.82, 2.24) is 24.3 Å². The average molecular weight is 503 g/mol. The van der Waals surface area contributed by atoms with Gasteiger partial charge in [-0.2, -0.15) is 13.2 Å². The molecule has 0 aromatic carbocycles. The third kappa shape index (κ3) is 6.80. The van der Waals surface area contributed by atoms with Gasteiger partial charge in [-0.3, -0.25) is 23.9 Å². The van der Waals surface area contributed by atoms with Crippen molar-refractivity contribution in [2.45, 2.75) is 32.1 Å². The summed E-state index contributed by atoms with van der Waals surface area (Å²) < 4.78 is 45.2. The number of hydrogen-bond acceptors (Lipinski definition) is 7. The predicted molar refractivity (Wildman–Crippen MR) is 119 cm³/mol. The third-order valence-corrected chi connectivity index (χ3v) is 5.91. The van der Waals surface area contributed by atoms with Crippen LogP contribution in [0, 0.1) is 5.92 Å². The zero-order chi connectivity index (χ0) is 25.6. The van der Waals surface area contributed by atoms with Crippen LogP contribution in [0.5, 0.6) is 0 Å². The number of fused-ring (bicyclic) bond motifs is 1. The van der Waals surface area contributed by atoms with Crippen LogP contribution in [0.4, 0.5) is 13.2 Å². The fraction of sp³-hybridized carbons (Fsp3) is 0.619. The van der Waals surface area contributed by atoms with Crippen molar-refractivity contribution in [3.8, 4) is 0 Å². The first-order chi connectivity index (χ1) is 16.6. The number of carbonyl (C=O) groups excluding carboxylic acids is 1. The molecule has 0 spiro atoms. The number of carbonyl (C=O) groups is 1. The first-order valence-corrected chi connectivity index (χ1v) is 11.2. The quantitative estimate of drug-likeness (QED) is 0.363. The highest BCUT2D eigenvalue weighted by Gasteiger charge is 2.38. The standard InChI is InChI=1S/C21H28F3N5O6/c22-21(23,24)14(13-30)2-1-4-25-16(31)12-28-5-3-15-17(19(28)33)26-20(34)29(18(15)32)7-6-27-8-10-35-11-9-27/h3,5,14,30H,1-2,4,6-13H2,(H,25,31)(H,26,34). The van der Waals surface area contributed by atoms with Crippen LogP contribution >= 0.6 is 0 Å². The fourth-order valence-electron chi connectivity index (χ4n) is 3.82. The number of pyridine rings is 1. The van der Waals surface area contributed by atoms with Gasteiger partial charge in [-0.15, -0.1) is 0 Å². The van der Waals surface area contributed by atoms with Crippen molar-refractivity contribution in [2.75, 3.05) is 46.0 Å². The van der Waals surface area contributed by atoms with E-state index in [0.29, 0.717) is 32.8 Å². The zero-order valence-corrected chi connectivity index (χ0v) is 19.0. The molecular formula is C21H28F3N5O6. The fourth-order valence-corrected chi connectivity index (χ4v) is 3.82. The maximum Gasteiger partial charge on any atom is 0.394 e. The minimum Gasteiger partial charge on any atom is -0.396 e. The van der Waals surface area contributed by atoms with Crippen LogP contribution < -0.4 is 22.1 Å². The first kappa shape index (κ1) is 26.6. The number of rotatable bonds is 10. The topological polar surface area (TPSA) is 139 Å². The van der Waals surface area contributed by atoms with E-state index in [1.54, 1.807) is 0 Å². The molecule has 3 rings (SSSR count). The lowest BCUT2D eigenvalue weighted by atomic mass is 10.0. The number of halogens is 3. The van der Waals surface area contributed by atoms with Crippen molar-refractivity contribution in [1.29, 1.82) is 0 Å². The Morgan fingerprint density at radius 2 is 1.89 bits per heavy atom. The highest BCUT2D eigenvalue weighted by atomic mass is 19.4. The second-order valence-corrected chi connectivity index (χ2v) is 8.29. The molecule has 3 N–H and O–H groups in total. The minimum absolute atomic E-state index is 0.00966. The molecule has 1 fully saturated rings. The Bertz CT molecular complexity index is 1200. The van der Waals surface area contributed by atoms with Crippen molar-refractivity contribution in [3.05, 3.63) is 43.5 Å². The third-order valence-electron chi connectivity index (χ3n) is 5.91. The summed E-state index contributed by atoms with van der Waals surface area (Å²) in [6, 6.07) is 1.34. The summed E-state index contributed by atoms with van der Waals surface area (Å²) in [5.41, 5.74) is -2.33. The zero-order valence-electron chi connectivity index (χ0n) is 19.0. The SMILES string of the molecule is O=C(Cn1ccc2c(=O)n(CCN3CCOCC3)c(=O)[nH]c2c1=O)NCCCC(CO)C(F)(F)F. The number of aromatic nitrogens is 3. The number of aliphatic hydroxyl groups excluding tert-OH is 1. The molecule has 1 aliphatic rings. The lowest BCUT2D eigenvalue weighted by molar-refractivity contribution is -0.185. The molecule has 194 valence electrons. The molecule has 11 nitrogen and oxygen atoms in total. The van der Waals surface area contributed by atoms with Crippen LogP contribution in [0.3, 0.4) is 0 Å². The number of hydrogen-bond donors (Lipinski definition) is 3. The molecule has 0 saturated carbocycles. The van der Waals surface area contributed by atoms with Gasteiger partial charge >= 0.3 is 11.9 Å². The molecule has 1 saturated heterocycles. The van der Waals surface area contributed by atoms with Crippen LogP contribution in [0.15, 0.2) is 26.6 Å². The number of H-pyrrole nitrogens is 1. The molecule has 1 amide bonds. The normalized spacial score (nSPS) is 15.9. The van der Waals surface area contributed by atoms with Gasteiger partial charge in [-0.1, -0.05) is 0 Å². The molecule has 0 aliphatic carbocycles. The summed E-state index contributed by atoms with van der Waals surface area (Å²) in [4.78, 5) is 54.6. The molecule has 35 heavy (non-hydrogen) atoms. The van der Waals surface area contributed by atoms with E-state index in [1.807, 2.05) is 0 Å². The highest BCUT2D eigenvalue weighted by molar-refractivity contribution is 5.78. The van der Waals surface area contributed by atoms with Crippen LogP contribution in [0.2, 0.25) is 0 Å². The molecule has 2 aromatic rings. The lowest BCUT2D eigenvalue weighted by Gasteiger charge is -2.26. The van der Waals surface area contributed by atoms with Gasteiger partial charge in [0.25, 0.3) is 11.1 Å². The smallest absolute Gasteiger partial charge is 0.394 e. The number of nitrogens with one attached hydrogen (secondary N) is 2. The van der Waals surface area contributed by atoms with E-state index in [-0.39, 0.29) is 36.8 Å². The van der Waals surface area contributed by atoms with Crippen molar-refractivity contribution in [2.24, 2.45) is 5.92 Å². The van der Waals surface area contributed by atoms with Crippen LogP contribution in [0.25, 0.3) is 10.9 Å². The summed E-state index contributed by atoms with van der Waals surface area (Å²) in [6.45, 7) is 1.60. The van der Waals surface area contributed by atoms with Gasteiger partial charge in [0, 0.05) is 38.9 Å². The van der Waals surface area contributed by atoms with Crippen molar-refractivity contribution in [3.63, 3.8) is 0 Å². The molecule has 3 heterocycles. The Kier molecular flexibility index (Phi) is 8.86. The minimum atomic E-state index is -4.52. The van der Waals surface area contributed by atoms with Gasteiger partial charge in [-0.05, 0) is 18.9 Å². The van der Waals surface area contributed by atoms with Crippen molar-refractivity contribution >= 4 is 16.8 Å². The summed E-state index contributed by atoms with van der Waals surface area (Å²) in [7, 11) is 0. The van der Waals surface area contributed by atoms with E-state index in [2.05, 4.69) is 15.2 Å². The van der Waals surface area contributed by atoms with Gasteiger partial charge in [0.05, 0.1) is 31.1 Å². The van der Waals surface area contributed by atoms with Gasteiger partial charge in [-0.25, -0.2) is 4.79 Å². The molecule has 2 aromatic heterocycles. The van der Waals surface area contributed by atoms with E-state index in [0.717, 1.165) is 9.13 Å². The second-order valence-electron chi connectivity index (χ2n) is 8.29. The Balaban J connectivity index is 1.64. The number of morpholine rings is 1. The number of aliphatic hydroxyl groups is 1. The van der Waals surface area contributed by atoms with E-state index < -0.39 is 48.0 Å². The first-order valence-electron chi connectivity index (χ1n) is 11.2. The second kappa shape index (κ2) is 11.6. The van der Waals surface area contributed by atoms with Gasteiger partial charge < -0.3 is 24.7 Å². The number of alkyl halides is 3. The van der Waals surface area contributed by atoms with E-state index in [1.165, 1.54) is 12.3 Å². The monoisotopic (exact) mass is 503 g/mol. The Labute approximate surface area is 197 Å². The van der Waals surface area contributed by atoms with Gasteiger partial charge in [0.1, 0.15) is 12.1 Å². The average Bonchev–Trinajstić information content (AvgIpc) is 2.81. The van der Waals surface area contributed by atoms with Crippen LogP contribution in [0.1, 0.15) is 12.8 Å². The molecule has 1 aliphatic heterocycles. The van der Waals surface area contributed by atoms with Crippen LogP contribution in [-0.4, -0.2) is 82.2 Å². The van der Waals surface area contributed by atoms with Gasteiger partial charge in [0.15, 0.2) is 0 Å². The Hall–Kier alpha value is -2.97. The summed E-state index contributed by atoms with van der Waals surface area (Å²) in [6.07, 6.45) is -3.63. The Morgan fingerprint density at radius 1 is 1.17 bits per heavy atom. The highest BCUT2D eigenvalue weighted by Crippen LogP contribution is 2.29. The van der Waals surface area contributed by atoms with E-state index in [4.69, 9.17) is 9.84 Å². The maximum absolute atomic E-state index is 12.8. The van der Waals surface area contributed by atoms with Gasteiger partial charge in [0.2, 0.25) is 5.91 Å². The largest absolute Gasteiger partial charge is 0.396 e. The summed E-state index contributed by atoms with van der Waals surface area (Å²) in [5, 5.41) is 11.3. The lowest BCUT2D eigenvalue weighted by Crippen LogP contribution is -2.43. The molecule has 0 bridgehead atoms.